The fraction of sp³-hybridized carbons (Fsp3) is 0.350. The molecule has 0 bridgehead atoms. The SMILES string of the molecule is O=C(CNc1ccc2c(c1)OCCO2)Nc1ccc(N2CCCC2)cc1. The van der Waals surface area contributed by atoms with Gasteiger partial charge in [-0.15, -0.1) is 0 Å². The molecule has 0 atom stereocenters. The van der Waals surface area contributed by atoms with E-state index in [1.54, 1.807) is 0 Å². The van der Waals surface area contributed by atoms with Crippen molar-refractivity contribution in [2.45, 2.75) is 12.8 Å². The molecular formula is C20H23N3O3. The molecule has 0 radical (unpaired) electrons. The summed E-state index contributed by atoms with van der Waals surface area (Å²) in [5.74, 6) is 1.36. The maximum absolute atomic E-state index is 12.2. The van der Waals surface area contributed by atoms with Crippen LogP contribution in [0.15, 0.2) is 42.5 Å². The molecule has 0 aromatic heterocycles. The standard InChI is InChI=1S/C20H23N3O3/c24-20(14-21-16-5-8-18-19(13-16)26-12-11-25-18)22-15-3-6-17(7-4-15)23-9-1-2-10-23/h3-8,13,21H,1-2,9-12,14H2,(H,22,24). The van der Waals surface area contributed by atoms with E-state index in [0.29, 0.717) is 19.0 Å². The molecule has 0 spiro atoms. The lowest BCUT2D eigenvalue weighted by Crippen LogP contribution is -2.22. The van der Waals surface area contributed by atoms with Crippen LogP contribution in [0.25, 0.3) is 0 Å². The zero-order valence-corrected chi connectivity index (χ0v) is 14.7. The Bertz CT molecular complexity index is 770. The van der Waals surface area contributed by atoms with Crippen LogP contribution < -0.4 is 25.0 Å². The second-order valence-electron chi connectivity index (χ2n) is 6.50. The molecule has 0 aliphatic carbocycles. The normalized spacial score (nSPS) is 15.6. The van der Waals surface area contributed by atoms with Gasteiger partial charge in [-0.25, -0.2) is 0 Å². The van der Waals surface area contributed by atoms with Gasteiger partial charge in [-0.3, -0.25) is 4.79 Å². The molecule has 2 aliphatic rings. The predicted octanol–water partition coefficient (Wildman–Crippen LogP) is 3.11. The highest BCUT2D eigenvalue weighted by atomic mass is 16.6. The molecule has 2 aromatic rings. The maximum Gasteiger partial charge on any atom is 0.243 e. The van der Waals surface area contributed by atoms with Gasteiger partial charge in [-0.1, -0.05) is 0 Å². The number of ether oxygens (including phenoxy) is 2. The average molecular weight is 353 g/mol. The van der Waals surface area contributed by atoms with Crippen LogP contribution in [0.4, 0.5) is 17.1 Å². The molecule has 136 valence electrons. The molecule has 26 heavy (non-hydrogen) atoms. The highest BCUT2D eigenvalue weighted by Crippen LogP contribution is 2.32. The van der Waals surface area contributed by atoms with Gasteiger partial charge >= 0.3 is 0 Å². The van der Waals surface area contributed by atoms with Crippen LogP contribution in [0.1, 0.15) is 12.8 Å². The summed E-state index contributed by atoms with van der Waals surface area (Å²) in [5, 5.41) is 6.03. The number of rotatable bonds is 5. The van der Waals surface area contributed by atoms with Gasteiger partial charge in [-0.05, 0) is 49.2 Å². The lowest BCUT2D eigenvalue weighted by Gasteiger charge is -2.19. The summed E-state index contributed by atoms with van der Waals surface area (Å²) in [6, 6.07) is 13.6. The van der Waals surface area contributed by atoms with E-state index < -0.39 is 0 Å². The van der Waals surface area contributed by atoms with Crippen molar-refractivity contribution in [1.82, 2.24) is 0 Å². The van der Waals surface area contributed by atoms with Crippen molar-refractivity contribution < 1.29 is 14.3 Å². The molecule has 2 aliphatic heterocycles. The van der Waals surface area contributed by atoms with Crippen molar-refractivity contribution >= 4 is 23.0 Å². The fourth-order valence-electron chi connectivity index (χ4n) is 3.27. The third kappa shape index (κ3) is 3.85. The van der Waals surface area contributed by atoms with Gasteiger partial charge < -0.3 is 25.0 Å². The molecule has 6 nitrogen and oxygen atoms in total. The summed E-state index contributed by atoms with van der Waals surface area (Å²) in [5.41, 5.74) is 2.85. The zero-order valence-electron chi connectivity index (χ0n) is 14.7. The van der Waals surface area contributed by atoms with E-state index in [1.807, 2.05) is 30.3 Å². The second kappa shape index (κ2) is 7.56. The van der Waals surface area contributed by atoms with Crippen LogP contribution in [-0.4, -0.2) is 38.8 Å². The van der Waals surface area contributed by atoms with Crippen LogP contribution in [0.5, 0.6) is 11.5 Å². The quantitative estimate of drug-likeness (QED) is 0.865. The maximum atomic E-state index is 12.2. The van der Waals surface area contributed by atoms with Crippen LogP contribution >= 0.6 is 0 Å². The van der Waals surface area contributed by atoms with Gasteiger partial charge in [0.15, 0.2) is 11.5 Å². The predicted molar refractivity (Wildman–Crippen MR) is 102 cm³/mol. The van der Waals surface area contributed by atoms with Gasteiger partial charge in [0.25, 0.3) is 0 Å². The fourth-order valence-corrected chi connectivity index (χ4v) is 3.27. The van der Waals surface area contributed by atoms with Gasteiger partial charge in [0.2, 0.25) is 5.91 Å². The van der Waals surface area contributed by atoms with Gasteiger partial charge in [0.05, 0.1) is 6.54 Å². The summed E-state index contributed by atoms with van der Waals surface area (Å²) in [7, 11) is 0. The van der Waals surface area contributed by atoms with Crippen molar-refractivity contribution in [3.63, 3.8) is 0 Å². The number of carbonyl (C=O) groups is 1. The van der Waals surface area contributed by atoms with Gasteiger partial charge in [0, 0.05) is 36.2 Å². The number of nitrogens with one attached hydrogen (secondary N) is 2. The summed E-state index contributed by atoms with van der Waals surface area (Å²) in [4.78, 5) is 14.5. The third-order valence-electron chi connectivity index (χ3n) is 4.62. The topological polar surface area (TPSA) is 62.8 Å². The number of hydrogen-bond donors (Lipinski definition) is 2. The molecule has 4 rings (SSSR count). The molecule has 2 heterocycles. The Morgan fingerprint density at radius 2 is 1.62 bits per heavy atom. The Morgan fingerprint density at radius 3 is 2.38 bits per heavy atom. The number of carbonyl (C=O) groups excluding carboxylic acids is 1. The van der Waals surface area contributed by atoms with Crippen molar-refractivity contribution in [2.75, 3.05) is 48.4 Å². The molecule has 1 fully saturated rings. The number of amides is 1. The Balaban J connectivity index is 1.29. The second-order valence-corrected chi connectivity index (χ2v) is 6.50. The van der Waals surface area contributed by atoms with Crippen LogP contribution in [0.3, 0.4) is 0 Å². The minimum atomic E-state index is -0.0891. The highest BCUT2D eigenvalue weighted by molar-refractivity contribution is 5.94. The van der Waals surface area contributed by atoms with E-state index in [1.165, 1.54) is 18.5 Å². The molecule has 6 heteroatoms. The molecule has 2 aromatic carbocycles. The minimum Gasteiger partial charge on any atom is -0.486 e. The number of nitrogens with zero attached hydrogens (tertiary/aromatic N) is 1. The van der Waals surface area contributed by atoms with E-state index in [2.05, 4.69) is 27.7 Å². The van der Waals surface area contributed by atoms with Crippen LogP contribution in [-0.2, 0) is 4.79 Å². The van der Waals surface area contributed by atoms with E-state index in [-0.39, 0.29) is 12.5 Å². The first kappa shape index (κ1) is 16.6. The summed E-state index contributed by atoms with van der Waals surface area (Å²) in [6.07, 6.45) is 2.51. The lowest BCUT2D eigenvalue weighted by molar-refractivity contribution is -0.114. The van der Waals surface area contributed by atoms with E-state index in [4.69, 9.17) is 9.47 Å². The van der Waals surface area contributed by atoms with Gasteiger partial charge in [-0.2, -0.15) is 0 Å². The van der Waals surface area contributed by atoms with Crippen molar-refractivity contribution in [3.05, 3.63) is 42.5 Å². The van der Waals surface area contributed by atoms with Crippen molar-refractivity contribution in [1.29, 1.82) is 0 Å². The Labute approximate surface area is 153 Å². The third-order valence-corrected chi connectivity index (χ3v) is 4.62. The smallest absolute Gasteiger partial charge is 0.243 e. The number of hydrogen-bond acceptors (Lipinski definition) is 5. The summed E-state index contributed by atoms with van der Waals surface area (Å²) in [6.45, 7) is 3.53. The number of benzene rings is 2. The monoisotopic (exact) mass is 353 g/mol. The first-order chi connectivity index (χ1) is 12.8. The molecule has 0 unspecified atom stereocenters. The van der Waals surface area contributed by atoms with Crippen molar-refractivity contribution in [3.8, 4) is 11.5 Å². The highest BCUT2D eigenvalue weighted by Gasteiger charge is 2.13. The molecular weight excluding hydrogens is 330 g/mol. The number of anilines is 3. The van der Waals surface area contributed by atoms with E-state index in [9.17, 15) is 4.79 Å². The van der Waals surface area contributed by atoms with Crippen LogP contribution in [0, 0.1) is 0 Å². The first-order valence-electron chi connectivity index (χ1n) is 9.06. The largest absolute Gasteiger partial charge is 0.486 e. The summed E-state index contributed by atoms with van der Waals surface area (Å²) < 4.78 is 11.0. The lowest BCUT2D eigenvalue weighted by atomic mass is 10.2. The average Bonchev–Trinajstić information content (AvgIpc) is 3.22. The van der Waals surface area contributed by atoms with Crippen LogP contribution in [0.2, 0.25) is 0 Å². The Morgan fingerprint density at radius 1 is 0.923 bits per heavy atom. The van der Waals surface area contributed by atoms with E-state index >= 15 is 0 Å². The first-order valence-corrected chi connectivity index (χ1v) is 9.06. The minimum absolute atomic E-state index is 0.0891. The molecule has 0 saturated carbocycles. The van der Waals surface area contributed by atoms with Crippen molar-refractivity contribution in [2.24, 2.45) is 0 Å². The molecule has 1 saturated heterocycles. The zero-order chi connectivity index (χ0) is 17.8. The molecule has 1 amide bonds. The number of fused-ring (bicyclic) bond motifs is 1. The summed E-state index contributed by atoms with van der Waals surface area (Å²) >= 11 is 0. The molecule has 2 N–H and O–H groups in total. The Kier molecular flexibility index (Phi) is 4.82. The van der Waals surface area contributed by atoms with E-state index in [0.717, 1.165) is 30.2 Å². The van der Waals surface area contributed by atoms with Gasteiger partial charge in [0.1, 0.15) is 13.2 Å². The Hall–Kier alpha value is -2.89.